The van der Waals surface area contributed by atoms with E-state index in [2.05, 4.69) is 4.72 Å². The van der Waals surface area contributed by atoms with Crippen LogP contribution in [0.2, 0.25) is 0 Å². The molecule has 0 fully saturated rings. The number of nitro groups is 1. The fourth-order valence-electron chi connectivity index (χ4n) is 2.21. The minimum Gasteiger partial charge on any atom is -0.258 e. The van der Waals surface area contributed by atoms with Gasteiger partial charge in [-0.05, 0) is 37.6 Å². The van der Waals surface area contributed by atoms with Crippen LogP contribution < -0.4 is 4.72 Å². The zero-order chi connectivity index (χ0) is 17.2. The lowest BCUT2D eigenvalue weighted by molar-refractivity contribution is -0.385. The van der Waals surface area contributed by atoms with Gasteiger partial charge in [0.25, 0.3) is 5.69 Å². The highest BCUT2D eigenvalue weighted by Crippen LogP contribution is 2.26. The van der Waals surface area contributed by atoms with Crippen LogP contribution >= 0.6 is 0 Å². The zero-order valence-electron chi connectivity index (χ0n) is 12.5. The number of hydrogen-bond acceptors (Lipinski definition) is 4. The van der Waals surface area contributed by atoms with Crippen LogP contribution in [0, 0.1) is 22.9 Å². The van der Waals surface area contributed by atoms with Crippen LogP contribution in [0.3, 0.4) is 0 Å². The van der Waals surface area contributed by atoms with E-state index in [1.54, 1.807) is 6.92 Å². The van der Waals surface area contributed by atoms with Crippen molar-refractivity contribution < 1.29 is 17.7 Å². The van der Waals surface area contributed by atoms with E-state index in [0.29, 0.717) is 5.56 Å². The van der Waals surface area contributed by atoms with Gasteiger partial charge in [0.2, 0.25) is 10.0 Å². The van der Waals surface area contributed by atoms with E-state index >= 15 is 0 Å². The maximum atomic E-state index is 12.9. The Balaban J connectivity index is 2.34. The summed E-state index contributed by atoms with van der Waals surface area (Å²) < 4.78 is 40.3. The average molecular weight is 338 g/mol. The van der Waals surface area contributed by atoms with Crippen LogP contribution in [0.1, 0.15) is 24.1 Å². The molecule has 0 saturated carbocycles. The molecule has 0 spiro atoms. The van der Waals surface area contributed by atoms with E-state index in [0.717, 1.165) is 0 Å². The van der Waals surface area contributed by atoms with E-state index in [9.17, 15) is 22.9 Å². The summed E-state index contributed by atoms with van der Waals surface area (Å²) in [4.78, 5) is 10.2. The summed E-state index contributed by atoms with van der Waals surface area (Å²) in [5.74, 6) is -0.418. The molecule has 2 aromatic carbocycles. The third-order valence-electron chi connectivity index (χ3n) is 3.44. The second-order valence-corrected chi connectivity index (χ2v) is 6.73. The van der Waals surface area contributed by atoms with Gasteiger partial charge in [-0.3, -0.25) is 10.1 Å². The molecule has 0 aliphatic heterocycles. The number of nitrogens with one attached hydrogen (secondary N) is 1. The highest BCUT2D eigenvalue weighted by atomic mass is 32.2. The standard InChI is InChI=1S/C15H15FN2O4S/c1-10-14(18(19)20)4-3-5-15(10)23(21,22)17-11(2)12-6-8-13(16)9-7-12/h3-9,11,17H,1-2H3. The molecule has 0 aromatic heterocycles. The van der Waals surface area contributed by atoms with Crippen LogP contribution in [0.5, 0.6) is 0 Å². The fourth-order valence-corrected chi connectivity index (χ4v) is 3.70. The maximum absolute atomic E-state index is 12.9. The lowest BCUT2D eigenvalue weighted by Gasteiger charge is -2.15. The van der Waals surface area contributed by atoms with Crippen molar-refractivity contribution in [3.05, 3.63) is 69.5 Å². The highest BCUT2D eigenvalue weighted by Gasteiger charge is 2.24. The first-order valence-electron chi connectivity index (χ1n) is 6.74. The number of nitro benzene ring substituents is 1. The highest BCUT2D eigenvalue weighted by molar-refractivity contribution is 7.89. The van der Waals surface area contributed by atoms with E-state index in [-0.39, 0.29) is 16.1 Å². The van der Waals surface area contributed by atoms with Crippen molar-refractivity contribution in [3.8, 4) is 0 Å². The minimum absolute atomic E-state index is 0.0660. The summed E-state index contributed by atoms with van der Waals surface area (Å²) in [6.07, 6.45) is 0. The summed E-state index contributed by atoms with van der Waals surface area (Å²) in [5.41, 5.74) is 0.386. The predicted octanol–water partition coefficient (Wildman–Crippen LogP) is 3.08. The van der Waals surface area contributed by atoms with Gasteiger partial charge in [0.05, 0.1) is 9.82 Å². The van der Waals surface area contributed by atoms with Gasteiger partial charge in [-0.2, -0.15) is 0 Å². The van der Waals surface area contributed by atoms with Crippen LogP contribution in [0.25, 0.3) is 0 Å². The van der Waals surface area contributed by atoms with Gasteiger partial charge in [-0.15, -0.1) is 0 Å². The van der Waals surface area contributed by atoms with Crippen molar-refractivity contribution in [2.24, 2.45) is 0 Å². The van der Waals surface area contributed by atoms with Crippen molar-refractivity contribution in [2.75, 3.05) is 0 Å². The first kappa shape index (κ1) is 17.0. The van der Waals surface area contributed by atoms with Gasteiger partial charge >= 0.3 is 0 Å². The van der Waals surface area contributed by atoms with E-state index in [1.807, 2.05) is 0 Å². The molecule has 0 heterocycles. The Bertz CT molecular complexity index is 835. The second kappa shape index (κ2) is 6.43. The lowest BCUT2D eigenvalue weighted by Crippen LogP contribution is -2.27. The van der Waals surface area contributed by atoms with Gasteiger partial charge in [-0.1, -0.05) is 18.2 Å². The van der Waals surface area contributed by atoms with Crippen molar-refractivity contribution >= 4 is 15.7 Å². The summed E-state index contributed by atoms with van der Waals surface area (Å²) in [6.45, 7) is 2.99. The Labute approximate surface area is 133 Å². The average Bonchev–Trinajstić information content (AvgIpc) is 2.47. The zero-order valence-corrected chi connectivity index (χ0v) is 13.3. The van der Waals surface area contributed by atoms with Crippen LogP contribution in [-0.2, 0) is 10.0 Å². The Kier molecular flexibility index (Phi) is 4.76. The first-order chi connectivity index (χ1) is 10.7. The largest absolute Gasteiger partial charge is 0.273 e. The van der Waals surface area contributed by atoms with E-state index in [1.165, 1.54) is 49.4 Å². The third-order valence-corrected chi connectivity index (χ3v) is 5.13. The number of nitrogens with zero attached hydrogens (tertiary/aromatic N) is 1. The van der Waals surface area contributed by atoms with E-state index < -0.39 is 26.8 Å². The summed E-state index contributed by atoms with van der Waals surface area (Å²) in [7, 11) is -3.95. The summed E-state index contributed by atoms with van der Waals surface area (Å²) in [6, 6.07) is 8.69. The van der Waals surface area contributed by atoms with Gasteiger partial charge in [-0.25, -0.2) is 17.5 Å². The normalized spacial score (nSPS) is 12.8. The summed E-state index contributed by atoms with van der Waals surface area (Å²) >= 11 is 0. The molecular formula is C15H15FN2O4S. The quantitative estimate of drug-likeness (QED) is 0.670. The minimum atomic E-state index is -3.95. The van der Waals surface area contributed by atoms with Crippen LogP contribution in [0.4, 0.5) is 10.1 Å². The van der Waals surface area contributed by atoms with Gasteiger partial charge in [0.15, 0.2) is 0 Å². The Morgan fingerprint density at radius 3 is 2.35 bits per heavy atom. The predicted molar refractivity (Wildman–Crippen MR) is 83.0 cm³/mol. The Morgan fingerprint density at radius 2 is 1.78 bits per heavy atom. The molecule has 0 radical (unpaired) electrons. The molecule has 122 valence electrons. The molecule has 0 aliphatic carbocycles. The lowest BCUT2D eigenvalue weighted by atomic mass is 10.1. The van der Waals surface area contributed by atoms with Gasteiger partial charge in [0, 0.05) is 17.7 Å². The van der Waals surface area contributed by atoms with Crippen molar-refractivity contribution in [3.63, 3.8) is 0 Å². The first-order valence-corrected chi connectivity index (χ1v) is 8.22. The fraction of sp³-hybridized carbons (Fsp3) is 0.200. The monoisotopic (exact) mass is 338 g/mol. The Hall–Kier alpha value is -2.32. The maximum Gasteiger partial charge on any atom is 0.273 e. The molecule has 1 N–H and O–H groups in total. The van der Waals surface area contributed by atoms with Crippen molar-refractivity contribution in [2.45, 2.75) is 24.8 Å². The van der Waals surface area contributed by atoms with Gasteiger partial charge < -0.3 is 0 Å². The van der Waals surface area contributed by atoms with E-state index in [4.69, 9.17) is 0 Å². The molecule has 8 heteroatoms. The smallest absolute Gasteiger partial charge is 0.258 e. The van der Waals surface area contributed by atoms with Crippen LogP contribution in [-0.4, -0.2) is 13.3 Å². The molecule has 0 bridgehead atoms. The molecule has 1 unspecified atom stereocenters. The molecular weight excluding hydrogens is 323 g/mol. The third kappa shape index (κ3) is 3.72. The second-order valence-electron chi connectivity index (χ2n) is 5.05. The molecule has 2 aromatic rings. The van der Waals surface area contributed by atoms with Gasteiger partial charge in [0.1, 0.15) is 5.82 Å². The molecule has 0 aliphatic rings. The molecule has 1 atom stereocenters. The summed E-state index contributed by atoms with van der Waals surface area (Å²) in [5, 5.41) is 10.9. The van der Waals surface area contributed by atoms with Crippen molar-refractivity contribution in [1.29, 1.82) is 0 Å². The molecule has 0 saturated heterocycles. The number of rotatable bonds is 5. The Morgan fingerprint density at radius 1 is 1.17 bits per heavy atom. The number of hydrogen-bond donors (Lipinski definition) is 1. The number of halogens is 1. The molecule has 2 rings (SSSR count). The molecule has 23 heavy (non-hydrogen) atoms. The van der Waals surface area contributed by atoms with Crippen LogP contribution in [0.15, 0.2) is 47.4 Å². The number of sulfonamides is 1. The SMILES string of the molecule is Cc1c([N+](=O)[O-])cccc1S(=O)(=O)NC(C)c1ccc(F)cc1. The number of benzene rings is 2. The molecule has 6 nitrogen and oxygen atoms in total. The van der Waals surface area contributed by atoms with Crippen molar-refractivity contribution in [1.82, 2.24) is 4.72 Å². The topological polar surface area (TPSA) is 89.3 Å². The molecule has 0 amide bonds.